The Labute approximate surface area is 99.5 Å². The summed E-state index contributed by atoms with van der Waals surface area (Å²) in [5.74, 6) is -0.454. The van der Waals surface area contributed by atoms with Gasteiger partial charge in [0.2, 0.25) is 0 Å². The minimum absolute atomic E-state index is 0.0122. The van der Waals surface area contributed by atoms with Crippen LogP contribution in [-0.4, -0.2) is 10.9 Å². The van der Waals surface area contributed by atoms with Crippen molar-refractivity contribution in [2.75, 3.05) is 0 Å². The molecule has 0 N–H and O–H groups in total. The quantitative estimate of drug-likeness (QED) is 0.460. The number of ether oxygens (including phenoxy) is 1. The fourth-order valence-corrected chi connectivity index (χ4v) is 1.62. The van der Waals surface area contributed by atoms with Gasteiger partial charge in [0.25, 0.3) is 5.69 Å². The summed E-state index contributed by atoms with van der Waals surface area (Å²) in [5.41, 5.74) is 2.19. The standard InChI is InChI=1S/C12H15NO4/c1-7-5-11(9(3)17-10(4)14)12(13(15)16)6-8(7)2/h5-6,9H,1-4H3. The molecule has 1 unspecified atom stereocenters. The van der Waals surface area contributed by atoms with Crippen LogP contribution in [0.1, 0.15) is 36.6 Å². The van der Waals surface area contributed by atoms with Gasteiger partial charge in [0.1, 0.15) is 6.10 Å². The van der Waals surface area contributed by atoms with Gasteiger partial charge in [-0.15, -0.1) is 0 Å². The third kappa shape index (κ3) is 3.03. The Balaban J connectivity index is 3.25. The highest BCUT2D eigenvalue weighted by molar-refractivity contribution is 5.66. The highest BCUT2D eigenvalue weighted by Gasteiger charge is 2.22. The molecule has 0 aliphatic carbocycles. The second kappa shape index (κ2) is 4.95. The average Bonchev–Trinajstić information content (AvgIpc) is 2.19. The SMILES string of the molecule is CC(=O)OC(C)c1cc(C)c(C)cc1[N+](=O)[O-]. The monoisotopic (exact) mass is 237 g/mol. The first-order valence-corrected chi connectivity index (χ1v) is 5.25. The number of esters is 1. The van der Waals surface area contributed by atoms with Crippen LogP contribution in [0, 0.1) is 24.0 Å². The molecule has 1 aromatic rings. The largest absolute Gasteiger partial charge is 0.458 e. The predicted octanol–water partition coefficient (Wildman–Crippen LogP) is 2.84. The maximum atomic E-state index is 10.9. The third-order valence-corrected chi connectivity index (χ3v) is 2.62. The van der Waals surface area contributed by atoms with Gasteiger partial charge in [-0.2, -0.15) is 0 Å². The van der Waals surface area contributed by atoms with E-state index in [4.69, 9.17) is 4.74 Å². The molecule has 17 heavy (non-hydrogen) atoms. The summed E-state index contributed by atoms with van der Waals surface area (Å²) < 4.78 is 4.98. The van der Waals surface area contributed by atoms with Crippen molar-refractivity contribution in [3.8, 4) is 0 Å². The maximum absolute atomic E-state index is 10.9. The number of hydrogen-bond donors (Lipinski definition) is 0. The molecule has 0 heterocycles. The fraction of sp³-hybridized carbons (Fsp3) is 0.417. The lowest BCUT2D eigenvalue weighted by Gasteiger charge is -2.14. The molecular weight excluding hydrogens is 222 g/mol. The number of nitro benzene ring substituents is 1. The van der Waals surface area contributed by atoms with E-state index in [2.05, 4.69) is 0 Å². The number of aryl methyl sites for hydroxylation is 2. The number of benzene rings is 1. The molecule has 0 bridgehead atoms. The molecule has 0 radical (unpaired) electrons. The van der Waals surface area contributed by atoms with Gasteiger partial charge < -0.3 is 4.74 Å². The van der Waals surface area contributed by atoms with Gasteiger partial charge in [0, 0.05) is 13.0 Å². The van der Waals surface area contributed by atoms with Crippen LogP contribution in [0.4, 0.5) is 5.69 Å². The van der Waals surface area contributed by atoms with Gasteiger partial charge in [-0.05, 0) is 38.0 Å². The van der Waals surface area contributed by atoms with E-state index in [1.54, 1.807) is 13.0 Å². The number of nitro groups is 1. The Bertz CT molecular complexity index is 468. The van der Waals surface area contributed by atoms with Crippen LogP contribution >= 0.6 is 0 Å². The number of carbonyl (C=O) groups excluding carboxylic acids is 1. The van der Waals surface area contributed by atoms with Gasteiger partial charge in [-0.1, -0.05) is 0 Å². The molecule has 0 aliphatic heterocycles. The minimum Gasteiger partial charge on any atom is -0.458 e. The summed E-state index contributed by atoms with van der Waals surface area (Å²) in [6.07, 6.45) is -0.618. The maximum Gasteiger partial charge on any atom is 0.303 e. The topological polar surface area (TPSA) is 69.4 Å². The molecule has 5 nitrogen and oxygen atoms in total. The van der Waals surface area contributed by atoms with Crippen molar-refractivity contribution in [1.82, 2.24) is 0 Å². The zero-order valence-electron chi connectivity index (χ0n) is 10.3. The molecule has 0 amide bonds. The molecular formula is C12H15NO4. The van der Waals surface area contributed by atoms with Crippen LogP contribution < -0.4 is 0 Å². The lowest BCUT2D eigenvalue weighted by Crippen LogP contribution is -2.08. The molecule has 5 heteroatoms. The van der Waals surface area contributed by atoms with Crippen molar-refractivity contribution in [3.05, 3.63) is 38.9 Å². The second-order valence-electron chi connectivity index (χ2n) is 4.00. The molecule has 0 saturated heterocycles. The molecule has 0 fully saturated rings. The summed E-state index contributed by atoms with van der Waals surface area (Å²) in [5, 5.41) is 10.9. The summed E-state index contributed by atoms with van der Waals surface area (Å²) in [6.45, 7) is 6.58. The number of hydrogen-bond acceptors (Lipinski definition) is 4. The van der Waals surface area contributed by atoms with E-state index in [1.165, 1.54) is 13.0 Å². The Hall–Kier alpha value is -1.91. The summed E-state index contributed by atoms with van der Waals surface area (Å²) in [4.78, 5) is 21.4. The lowest BCUT2D eigenvalue weighted by molar-refractivity contribution is -0.386. The van der Waals surface area contributed by atoms with E-state index in [9.17, 15) is 14.9 Å². The van der Waals surface area contributed by atoms with Gasteiger partial charge in [-0.3, -0.25) is 14.9 Å². The number of carbonyl (C=O) groups is 1. The minimum atomic E-state index is -0.618. The van der Waals surface area contributed by atoms with E-state index in [1.807, 2.05) is 13.8 Å². The molecule has 1 atom stereocenters. The van der Waals surface area contributed by atoms with Crippen LogP contribution in [0.3, 0.4) is 0 Å². The molecule has 0 spiro atoms. The van der Waals surface area contributed by atoms with E-state index < -0.39 is 17.0 Å². The van der Waals surface area contributed by atoms with Crippen LogP contribution in [0.25, 0.3) is 0 Å². The Kier molecular flexibility index (Phi) is 3.83. The van der Waals surface area contributed by atoms with Gasteiger partial charge in [0.05, 0.1) is 10.5 Å². The Morgan fingerprint density at radius 2 is 1.88 bits per heavy atom. The molecule has 1 aromatic carbocycles. The molecule has 0 aromatic heterocycles. The van der Waals surface area contributed by atoms with E-state index in [0.29, 0.717) is 5.56 Å². The van der Waals surface area contributed by atoms with Crippen LogP contribution in [0.5, 0.6) is 0 Å². The first kappa shape index (κ1) is 13.2. The van der Waals surface area contributed by atoms with E-state index in [-0.39, 0.29) is 5.69 Å². The van der Waals surface area contributed by atoms with Crippen molar-refractivity contribution in [3.63, 3.8) is 0 Å². The first-order chi connectivity index (χ1) is 7.82. The Morgan fingerprint density at radius 3 is 2.35 bits per heavy atom. The fourth-order valence-electron chi connectivity index (χ4n) is 1.62. The van der Waals surface area contributed by atoms with Crippen molar-refractivity contribution < 1.29 is 14.5 Å². The molecule has 1 rings (SSSR count). The van der Waals surface area contributed by atoms with Crippen LogP contribution in [0.2, 0.25) is 0 Å². The van der Waals surface area contributed by atoms with Crippen LogP contribution in [-0.2, 0) is 9.53 Å². The van der Waals surface area contributed by atoms with Crippen molar-refractivity contribution in [1.29, 1.82) is 0 Å². The lowest BCUT2D eigenvalue weighted by atomic mass is 10.0. The molecule has 0 aliphatic rings. The highest BCUT2D eigenvalue weighted by Crippen LogP contribution is 2.30. The predicted molar refractivity (Wildman–Crippen MR) is 62.8 cm³/mol. The first-order valence-electron chi connectivity index (χ1n) is 5.25. The van der Waals surface area contributed by atoms with E-state index >= 15 is 0 Å². The average molecular weight is 237 g/mol. The summed E-state index contributed by atoms with van der Waals surface area (Å²) in [7, 11) is 0. The van der Waals surface area contributed by atoms with Gasteiger partial charge >= 0.3 is 5.97 Å². The van der Waals surface area contributed by atoms with Crippen molar-refractivity contribution in [2.24, 2.45) is 0 Å². The van der Waals surface area contributed by atoms with Gasteiger partial charge in [-0.25, -0.2) is 0 Å². The zero-order valence-corrected chi connectivity index (χ0v) is 10.3. The second-order valence-corrected chi connectivity index (χ2v) is 4.00. The highest BCUT2D eigenvalue weighted by atomic mass is 16.6. The third-order valence-electron chi connectivity index (χ3n) is 2.62. The normalized spacial score (nSPS) is 12.0. The van der Waals surface area contributed by atoms with Crippen molar-refractivity contribution >= 4 is 11.7 Å². The van der Waals surface area contributed by atoms with Gasteiger partial charge in [0.15, 0.2) is 0 Å². The molecule has 0 saturated carbocycles. The summed E-state index contributed by atoms with van der Waals surface area (Å²) in [6, 6.07) is 3.20. The number of nitrogens with zero attached hydrogens (tertiary/aromatic N) is 1. The van der Waals surface area contributed by atoms with E-state index in [0.717, 1.165) is 11.1 Å². The smallest absolute Gasteiger partial charge is 0.303 e. The summed E-state index contributed by atoms with van der Waals surface area (Å²) >= 11 is 0. The van der Waals surface area contributed by atoms with Crippen LogP contribution in [0.15, 0.2) is 12.1 Å². The Morgan fingerprint density at radius 1 is 1.35 bits per heavy atom. The molecule has 92 valence electrons. The van der Waals surface area contributed by atoms with Crippen molar-refractivity contribution in [2.45, 2.75) is 33.8 Å². The zero-order chi connectivity index (χ0) is 13.2. The number of rotatable bonds is 3.